The normalized spacial score (nSPS) is 10.2. The molecule has 5 heteroatoms. The molecule has 0 radical (unpaired) electrons. The zero-order chi connectivity index (χ0) is 13.8. The lowest BCUT2D eigenvalue weighted by molar-refractivity contribution is 0.103. The summed E-state index contributed by atoms with van der Waals surface area (Å²) < 4.78 is 5.52. The minimum absolute atomic E-state index is 0.211. The summed E-state index contributed by atoms with van der Waals surface area (Å²) in [6, 6.07) is 7.38. The third-order valence-corrected chi connectivity index (χ3v) is 3.52. The highest BCUT2D eigenvalue weighted by Crippen LogP contribution is 2.28. The van der Waals surface area contributed by atoms with Crippen LogP contribution in [0.3, 0.4) is 0 Å². The number of hydrogen-bond acceptors (Lipinski definition) is 4. The summed E-state index contributed by atoms with van der Waals surface area (Å²) in [6.07, 6.45) is 0. The second-order valence-electron chi connectivity index (χ2n) is 4.09. The second-order valence-corrected chi connectivity index (χ2v) is 5.01. The molecule has 0 aliphatic carbocycles. The maximum atomic E-state index is 12.1. The van der Waals surface area contributed by atoms with E-state index in [1.54, 1.807) is 11.4 Å². The van der Waals surface area contributed by atoms with Gasteiger partial charge < -0.3 is 15.8 Å². The zero-order valence-corrected chi connectivity index (χ0v) is 11.7. The number of aryl methyl sites for hydroxylation is 1. The average Bonchev–Trinajstić information content (AvgIpc) is 2.79. The molecule has 0 fully saturated rings. The molecule has 2 rings (SSSR count). The predicted octanol–water partition coefficient (Wildman–Crippen LogP) is 3.29. The van der Waals surface area contributed by atoms with Crippen molar-refractivity contribution in [2.24, 2.45) is 0 Å². The Morgan fingerprint density at radius 2 is 2.21 bits per heavy atom. The van der Waals surface area contributed by atoms with Gasteiger partial charge in [-0.3, -0.25) is 4.79 Å². The van der Waals surface area contributed by atoms with Crippen LogP contribution in [0.4, 0.5) is 11.4 Å². The highest BCUT2D eigenvalue weighted by atomic mass is 32.1. The van der Waals surface area contributed by atoms with Gasteiger partial charge in [0.05, 0.1) is 18.0 Å². The molecule has 1 aromatic heterocycles. The number of anilines is 2. The SMILES string of the molecule is CCOc1cc(C)ccc1NC(=O)c1sccc1N. The molecule has 0 unspecified atom stereocenters. The fourth-order valence-electron chi connectivity index (χ4n) is 1.69. The average molecular weight is 276 g/mol. The van der Waals surface area contributed by atoms with E-state index in [2.05, 4.69) is 5.32 Å². The minimum Gasteiger partial charge on any atom is -0.492 e. The molecule has 100 valence electrons. The molecule has 4 nitrogen and oxygen atoms in total. The van der Waals surface area contributed by atoms with Crippen molar-refractivity contribution in [3.8, 4) is 5.75 Å². The highest BCUT2D eigenvalue weighted by molar-refractivity contribution is 7.12. The number of rotatable bonds is 4. The van der Waals surface area contributed by atoms with E-state index in [-0.39, 0.29) is 5.91 Å². The lowest BCUT2D eigenvalue weighted by atomic mass is 10.2. The van der Waals surface area contributed by atoms with E-state index in [1.807, 2.05) is 32.0 Å². The van der Waals surface area contributed by atoms with Gasteiger partial charge in [0.25, 0.3) is 5.91 Å². The summed E-state index contributed by atoms with van der Waals surface area (Å²) >= 11 is 1.32. The quantitative estimate of drug-likeness (QED) is 0.900. The third-order valence-electron chi connectivity index (χ3n) is 2.59. The first-order chi connectivity index (χ1) is 9.11. The van der Waals surface area contributed by atoms with Gasteiger partial charge in [-0.2, -0.15) is 0 Å². The van der Waals surface area contributed by atoms with Crippen molar-refractivity contribution in [3.63, 3.8) is 0 Å². The van der Waals surface area contributed by atoms with Gasteiger partial charge in [0.1, 0.15) is 10.6 Å². The van der Waals surface area contributed by atoms with E-state index in [1.165, 1.54) is 11.3 Å². The monoisotopic (exact) mass is 276 g/mol. The number of carbonyl (C=O) groups is 1. The van der Waals surface area contributed by atoms with Crippen LogP contribution in [0.1, 0.15) is 22.2 Å². The lowest BCUT2D eigenvalue weighted by Gasteiger charge is -2.12. The van der Waals surface area contributed by atoms with Crippen LogP contribution in [-0.2, 0) is 0 Å². The smallest absolute Gasteiger partial charge is 0.267 e. The van der Waals surface area contributed by atoms with Gasteiger partial charge in [0.2, 0.25) is 0 Å². The molecule has 1 heterocycles. The van der Waals surface area contributed by atoms with Crippen LogP contribution < -0.4 is 15.8 Å². The Morgan fingerprint density at radius 3 is 2.84 bits per heavy atom. The lowest BCUT2D eigenvalue weighted by Crippen LogP contribution is -2.13. The molecular weight excluding hydrogens is 260 g/mol. The maximum Gasteiger partial charge on any atom is 0.267 e. The molecule has 0 spiro atoms. The van der Waals surface area contributed by atoms with E-state index in [4.69, 9.17) is 10.5 Å². The van der Waals surface area contributed by atoms with Gasteiger partial charge in [-0.05, 0) is 43.0 Å². The number of ether oxygens (including phenoxy) is 1. The van der Waals surface area contributed by atoms with Crippen molar-refractivity contribution in [2.45, 2.75) is 13.8 Å². The van der Waals surface area contributed by atoms with Gasteiger partial charge in [-0.25, -0.2) is 0 Å². The maximum absolute atomic E-state index is 12.1. The number of benzene rings is 1. The molecule has 2 aromatic rings. The third kappa shape index (κ3) is 3.06. The van der Waals surface area contributed by atoms with Crippen LogP contribution in [-0.4, -0.2) is 12.5 Å². The molecule has 1 amide bonds. The van der Waals surface area contributed by atoms with E-state index in [9.17, 15) is 4.79 Å². The Morgan fingerprint density at radius 1 is 1.42 bits per heavy atom. The van der Waals surface area contributed by atoms with Crippen LogP contribution in [0.5, 0.6) is 5.75 Å². The zero-order valence-electron chi connectivity index (χ0n) is 10.9. The number of nitrogens with one attached hydrogen (secondary N) is 1. The molecule has 0 bridgehead atoms. The number of amides is 1. The first-order valence-electron chi connectivity index (χ1n) is 5.99. The Labute approximate surface area is 116 Å². The molecule has 19 heavy (non-hydrogen) atoms. The van der Waals surface area contributed by atoms with E-state index >= 15 is 0 Å². The molecule has 3 N–H and O–H groups in total. The van der Waals surface area contributed by atoms with Gasteiger partial charge in [0, 0.05) is 0 Å². The molecule has 0 aliphatic rings. The van der Waals surface area contributed by atoms with Crippen LogP contribution in [0.2, 0.25) is 0 Å². The van der Waals surface area contributed by atoms with Gasteiger partial charge in [0.15, 0.2) is 0 Å². The topological polar surface area (TPSA) is 64.3 Å². The number of thiophene rings is 1. The summed E-state index contributed by atoms with van der Waals surface area (Å²) in [5.74, 6) is 0.461. The summed E-state index contributed by atoms with van der Waals surface area (Å²) in [5, 5.41) is 4.63. The van der Waals surface area contributed by atoms with Crippen molar-refractivity contribution in [2.75, 3.05) is 17.7 Å². The molecule has 0 saturated carbocycles. The van der Waals surface area contributed by atoms with Crippen molar-refractivity contribution in [1.29, 1.82) is 0 Å². The Kier molecular flexibility index (Phi) is 4.06. The summed E-state index contributed by atoms with van der Waals surface area (Å²) in [4.78, 5) is 12.6. The fraction of sp³-hybridized carbons (Fsp3) is 0.214. The van der Waals surface area contributed by atoms with E-state index in [0.29, 0.717) is 28.6 Å². The van der Waals surface area contributed by atoms with Crippen LogP contribution in [0.15, 0.2) is 29.6 Å². The number of nitrogen functional groups attached to an aromatic ring is 1. The van der Waals surface area contributed by atoms with Crippen molar-refractivity contribution >= 4 is 28.6 Å². The summed E-state index contributed by atoms with van der Waals surface area (Å²) in [6.45, 7) is 4.43. The van der Waals surface area contributed by atoms with Crippen molar-refractivity contribution in [1.82, 2.24) is 0 Å². The standard InChI is InChI=1S/C14H16N2O2S/c1-3-18-12-8-9(2)4-5-11(12)16-14(17)13-10(15)6-7-19-13/h4-8H,3,15H2,1-2H3,(H,16,17). The highest BCUT2D eigenvalue weighted by Gasteiger charge is 2.13. The Hall–Kier alpha value is -2.01. The number of carbonyl (C=O) groups excluding carboxylic acids is 1. The molecule has 1 aromatic carbocycles. The van der Waals surface area contributed by atoms with Crippen LogP contribution in [0.25, 0.3) is 0 Å². The summed E-state index contributed by atoms with van der Waals surface area (Å²) in [7, 11) is 0. The predicted molar refractivity (Wildman–Crippen MR) is 79.0 cm³/mol. The largest absolute Gasteiger partial charge is 0.492 e. The fourth-order valence-corrected chi connectivity index (χ4v) is 2.40. The van der Waals surface area contributed by atoms with E-state index < -0.39 is 0 Å². The Balaban J connectivity index is 2.23. The van der Waals surface area contributed by atoms with Gasteiger partial charge in [-0.1, -0.05) is 6.07 Å². The minimum atomic E-state index is -0.211. The van der Waals surface area contributed by atoms with Gasteiger partial charge in [-0.15, -0.1) is 11.3 Å². The first-order valence-corrected chi connectivity index (χ1v) is 6.87. The van der Waals surface area contributed by atoms with Crippen molar-refractivity contribution < 1.29 is 9.53 Å². The molecule has 0 aliphatic heterocycles. The number of hydrogen-bond donors (Lipinski definition) is 2. The number of nitrogens with two attached hydrogens (primary N) is 1. The molecule has 0 atom stereocenters. The Bertz CT molecular complexity index is 593. The molecule has 0 saturated heterocycles. The molecular formula is C14H16N2O2S. The van der Waals surface area contributed by atoms with Crippen LogP contribution >= 0.6 is 11.3 Å². The van der Waals surface area contributed by atoms with Crippen molar-refractivity contribution in [3.05, 3.63) is 40.1 Å². The second kappa shape index (κ2) is 5.75. The first kappa shape index (κ1) is 13.4. The van der Waals surface area contributed by atoms with E-state index in [0.717, 1.165) is 5.56 Å². The van der Waals surface area contributed by atoms with Gasteiger partial charge >= 0.3 is 0 Å². The van der Waals surface area contributed by atoms with Crippen LogP contribution in [0, 0.1) is 6.92 Å². The summed E-state index contributed by atoms with van der Waals surface area (Å²) in [5.41, 5.74) is 7.97.